The molecule has 0 bridgehead atoms. The summed E-state index contributed by atoms with van der Waals surface area (Å²) in [7, 11) is 0. The first-order valence-corrected chi connectivity index (χ1v) is 6.89. The molecule has 2 aromatic carbocycles. The third kappa shape index (κ3) is 2.81. The SMILES string of the molecule is C1=CNc2ccccc2C=C1.O=C1Nc2ccccc2C1=O. The van der Waals surface area contributed by atoms with Crippen molar-refractivity contribution in [2.24, 2.45) is 0 Å². The topological polar surface area (TPSA) is 58.2 Å². The number of carbonyl (C=O) groups excluding carboxylic acids is 2. The Labute approximate surface area is 128 Å². The first kappa shape index (κ1) is 13.8. The van der Waals surface area contributed by atoms with Crippen molar-refractivity contribution < 1.29 is 9.59 Å². The van der Waals surface area contributed by atoms with Gasteiger partial charge < -0.3 is 10.6 Å². The van der Waals surface area contributed by atoms with Crippen LogP contribution in [0.2, 0.25) is 0 Å². The van der Waals surface area contributed by atoms with Crippen LogP contribution in [0.5, 0.6) is 0 Å². The highest BCUT2D eigenvalue weighted by atomic mass is 16.2. The van der Waals surface area contributed by atoms with Crippen molar-refractivity contribution in [2.45, 2.75) is 0 Å². The van der Waals surface area contributed by atoms with Crippen LogP contribution in [0.1, 0.15) is 15.9 Å². The maximum Gasteiger partial charge on any atom is 0.296 e. The van der Waals surface area contributed by atoms with Crippen molar-refractivity contribution in [2.75, 3.05) is 10.6 Å². The van der Waals surface area contributed by atoms with Gasteiger partial charge in [0.25, 0.3) is 11.7 Å². The second-order valence-electron chi connectivity index (χ2n) is 4.78. The molecule has 2 aliphatic heterocycles. The molecule has 2 aliphatic rings. The molecule has 0 saturated carbocycles. The van der Waals surface area contributed by atoms with Crippen molar-refractivity contribution in [3.63, 3.8) is 0 Å². The van der Waals surface area contributed by atoms with Gasteiger partial charge in [-0.25, -0.2) is 0 Å². The average molecular weight is 290 g/mol. The van der Waals surface area contributed by atoms with E-state index in [4.69, 9.17) is 0 Å². The minimum Gasteiger partial charge on any atom is -0.361 e. The second-order valence-corrected chi connectivity index (χ2v) is 4.78. The molecule has 0 aliphatic carbocycles. The lowest BCUT2D eigenvalue weighted by Gasteiger charge is -2.01. The van der Waals surface area contributed by atoms with E-state index in [-0.39, 0.29) is 0 Å². The number of hydrogen-bond donors (Lipinski definition) is 2. The summed E-state index contributed by atoms with van der Waals surface area (Å²) in [4.78, 5) is 21.8. The number of para-hydroxylation sites is 2. The Hall–Kier alpha value is -3.14. The first-order valence-electron chi connectivity index (χ1n) is 6.89. The zero-order valence-corrected chi connectivity index (χ0v) is 11.7. The molecule has 4 heteroatoms. The van der Waals surface area contributed by atoms with E-state index in [9.17, 15) is 9.59 Å². The maximum absolute atomic E-state index is 11.0. The monoisotopic (exact) mass is 290 g/mol. The standard InChI is InChI=1S/C10H9N.C8H5NO2/c1-2-7-10-9(5-1)6-3-4-8-11-10;10-7-5-3-1-2-4-6(5)9-8(7)11/h1-8,11H;1-4H,(H,9,10,11). The molecule has 4 nitrogen and oxygen atoms in total. The Balaban J connectivity index is 0.000000131. The van der Waals surface area contributed by atoms with Crippen molar-refractivity contribution in [1.29, 1.82) is 0 Å². The molecule has 2 N–H and O–H groups in total. The molecule has 22 heavy (non-hydrogen) atoms. The van der Waals surface area contributed by atoms with E-state index >= 15 is 0 Å². The number of anilines is 2. The Bertz CT molecular complexity index is 785. The van der Waals surface area contributed by atoms with E-state index in [2.05, 4.69) is 28.8 Å². The summed E-state index contributed by atoms with van der Waals surface area (Å²) < 4.78 is 0. The molecule has 0 unspecified atom stereocenters. The lowest BCUT2D eigenvalue weighted by atomic mass is 10.1. The average Bonchev–Trinajstić information content (AvgIpc) is 2.73. The highest BCUT2D eigenvalue weighted by Gasteiger charge is 2.26. The molecule has 2 aromatic rings. The van der Waals surface area contributed by atoms with Crippen LogP contribution >= 0.6 is 0 Å². The van der Waals surface area contributed by atoms with E-state index in [1.807, 2.05) is 30.5 Å². The number of Topliss-reactive ketones (excluding diaryl/α,β-unsaturated/α-hetero) is 1. The van der Waals surface area contributed by atoms with E-state index in [0.29, 0.717) is 11.3 Å². The third-order valence-electron chi connectivity index (χ3n) is 3.31. The largest absolute Gasteiger partial charge is 0.361 e. The predicted molar refractivity (Wildman–Crippen MR) is 87.6 cm³/mol. The van der Waals surface area contributed by atoms with E-state index < -0.39 is 11.7 Å². The van der Waals surface area contributed by atoms with Gasteiger partial charge in [0.05, 0.1) is 11.3 Å². The molecule has 108 valence electrons. The summed E-state index contributed by atoms with van der Waals surface area (Å²) in [5.41, 5.74) is 3.48. The normalized spacial score (nSPS) is 14.0. The van der Waals surface area contributed by atoms with Gasteiger partial charge in [-0.1, -0.05) is 42.5 Å². The van der Waals surface area contributed by atoms with Crippen molar-refractivity contribution >= 4 is 29.1 Å². The van der Waals surface area contributed by atoms with Gasteiger partial charge in [0.2, 0.25) is 0 Å². The number of allylic oxidation sites excluding steroid dienone is 2. The number of rotatable bonds is 0. The molecule has 0 saturated heterocycles. The molecule has 0 aromatic heterocycles. The van der Waals surface area contributed by atoms with Crippen LogP contribution in [0.3, 0.4) is 0 Å². The summed E-state index contributed by atoms with van der Waals surface area (Å²) in [6, 6.07) is 15.1. The molecule has 1 amide bonds. The minimum atomic E-state index is -0.536. The van der Waals surface area contributed by atoms with Gasteiger partial charge in [-0.05, 0) is 29.8 Å². The van der Waals surface area contributed by atoms with Gasteiger partial charge in [0.1, 0.15) is 0 Å². The maximum atomic E-state index is 11.0. The van der Waals surface area contributed by atoms with Crippen LogP contribution in [-0.2, 0) is 4.79 Å². The summed E-state index contributed by atoms with van der Waals surface area (Å²) >= 11 is 0. The molecule has 2 heterocycles. The molecular weight excluding hydrogens is 276 g/mol. The fraction of sp³-hybridized carbons (Fsp3) is 0. The number of carbonyl (C=O) groups is 2. The summed E-state index contributed by atoms with van der Waals surface area (Å²) in [6.07, 6.45) is 8.03. The zero-order valence-electron chi connectivity index (χ0n) is 11.7. The second kappa shape index (κ2) is 6.10. The van der Waals surface area contributed by atoms with E-state index in [1.165, 1.54) is 5.56 Å². The highest BCUT2D eigenvalue weighted by Crippen LogP contribution is 2.21. The fourth-order valence-corrected chi connectivity index (χ4v) is 2.22. The predicted octanol–water partition coefficient (Wildman–Crippen LogP) is 3.46. The number of hydrogen-bond acceptors (Lipinski definition) is 3. The number of ketones is 1. The van der Waals surface area contributed by atoms with Crippen molar-refractivity contribution in [3.8, 4) is 0 Å². The number of amides is 1. The van der Waals surface area contributed by atoms with Gasteiger partial charge >= 0.3 is 0 Å². The summed E-state index contributed by atoms with van der Waals surface area (Å²) in [6.45, 7) is 0. The minimum absolute atomic E-state index is 0.444. The number of fused-ring (bicyclic) bond motifs is 2. The zero-order chi connectivity index (χ0) is 15.4. The molecule has 4 rings (SSSR count). The molecule has 0 radical (unpaired) electrons. The summed E-state index contributed by atoms with van der Waals surface area (Å²) in [5, 5.41) is 5.64. The van der Waals surface area contributed by atoms with Gasteiger partial charge in [0, 0.05) is 11.9 Å². The van der Waals surface area contributed by atoms with Gasteiger partial charge in [0.15, 0.2) is 0 Å². The lowest BCUT2D eigenvalue weighted by Crippen LogP contribution is -2.12. The molecule has 0 spiro atoms. The van der Waals surface area contributed by atoms with Crippen LogP contribution in [-0.4, -0.2) is 11.7 Å². The van der Waals surface area contributed by atoms with Crippen LogP contribution in [0.15, 0.2) is 66.9 Å². The molecular formula is C18H14N2O2. The van der Waals surface area contributed by atoms with Crippen LogP contribution < -0.4 is 10.6 Å². The Morgan fingerprint density at radius 3 is 2.32 bits per heavy atom. The Morgan fingerprint density at radius 1 is 0.773 bits per heavy atom. The third-order valence-corrected chi connectivity index (χ3v) is 3.31. The Kier molecular flexibility index (Phi) is 3.83. The lowest BCUT2D eigenvalue weighted by molar-refractivity contribution is -0.112. The highest BCUT2D eigenvalue weighted by molar-refractivity contribution is 6.51. The number of nitrogens with one attached hydrogen (secondary N) is 2. The number of benzene rings is 2. The van der Waals surface area contributed by atoms with Crippen LogP contribution in [0.25, 0.3) is 6.08 Å². The van der Waals surface area contributed by atoms with Gasteiger partial charge in [-0.3, -0.25) is 9.59 Å². The molecule has 0 atom stereocenters. The van der Waals surface area contributed by atoms with Crippen molar-refractivity contribution in [3.05, 3.63) is 78.0 Å². The first-order chi connectivity index (χ1) is 10.8. The fourth-order valence-electron chi connectivity index (χ4n) is 2.22. The van der Waals surface area contributed by atoms with E-state index in [0.717, 1.165) is 5.69 Å². The van der Waals surface area contributed by atoms with Gasteiger partial charge in [-0.15, -0.1) is 0 Å². The van der Waals surface area contributed by atoms with Crippen LogP contribution in [0.4, 0.5) is 11.4 Å². The Morgan fingerprint density at radius 2 is 1.50 bits per heavy atom. The molecule has 0 fully saturated rings. The quantitative estimate of drug-likeness (QED) is 0.730. The smallest absolute Gasteiger partial charge is 0.296 e. The van der Waals surface area contributed by atoms with Crippen LogP contribution in [0, 0.1) is 0 Å². The van der Waals surface area contributed by atoms with Crippen molar-refractivity contribution in [1.82, 2.24) is 0 Å². The summed E-state index contributed by atoms with van der Waals surface area (Å²) in [5.74, 6) is -0.980. The van der Waals surface area contributed by atoms with E-state index in [1.54, 1.807) is 24.3 Å². The van der Waals surface area contributed by atoms with Gasteiger partial charge in [-0.2, -0.15) is 0 Å².